The van der Waals surface area contributed by atoms with Crippen LogP contribution in [-0.2, 0) is 0 Å². The van der Waals surface area contributed by atoms with E-state index in [9.17, 15) is 4.79 Å². The normalized spacial score (nSPS) is 21.8. The van der Waals surface area contributed by atoms with E-state index in [-0.39, 0.29) is 5.91 Å². The summed E-state index contributed by atoms with van der Waals surface area (Å²) in [6.45, 7) is 2.95. The minimum absolute atomic E-state index is 0.320. The fourth-order valence-electron chi connectivity index (χ4n) is 2.75. The van der Waals surface area contributed by atoms with Gasteiger partial charge in [0.1, 0.15) is 5.75 Å². The molecule has 4 nitrogen and oxygen atoms in total. The lowest BCUT2D eigenvalue weighted by molar-refractivity contribution is 0.0950. The SMILES string of the molecule is CC1CCCC(SCCOc2ccccc2C(=O)NN)C1. The second-order valence-electron chi connectivity index (χ2n) is 5.58. The molecule has 0 aliphatic heterocycles. The predicted octanol–water partition coefficient (Wildman–Crippen LogP) is 2.98. The second-order valence-corrected chi connectivity index (χ2v) is 6.99. The Labute approximate surface area is 130 Å². The first-order chi connectivity index (χ1) is 10.2. The number of amides is 1. The number of ether oxygens (including phenoxy) is 1. The number of nitrogens with two attached hydrogens (primary N) is 1. The summed E-state index contributed by atoms with van der Waals surface area (Å²) in [6, 6.07) is 7.18. The first-order valence-electron chi connectivity index (χ1n) is 7.55. The zero-order chi connectivity index (χ0) is 15.1. The lowest BCUT2D eigenvalue weighted by atomic mass is 9.91. The molecule has 1 fully saturated rings. The Morgan fingerprint density at radius 1 is 1.43 bits per heavy atom. The predicted molar refractivity (Wildman–Crippen MR) is 87.5 cm³/mol. The molecule has 1 saturated carbocycles. The molecule has 5 heteroatoms. The molecule has 2 unspecified atom stereocenters. The number of nitrogens with one attached hydrogen (secondary N) is 1. The molecule has 116 valence electrons. The van der Waals surface area contributed by atoms with Crippen molar-refractivity contribution in [1.82, 2.24) is 5.43 Å². The van der Waals surface area contributed by atoms with Gasteiger partial charge < -0.3 is 4.74 Å². The number of hydrogen-bond acceptors (Lipinski definition) is 4. The van der Waals surface area contributed by atoms with E-state index in [0.717, 1.165) is 16.9 Å². The van der Waals surface area contributed by atoms with Crippen molar-refractivity contribution < 1.29 is 9.53 Å². The standard InChI is InChI=1S/C16H24N2O2S/c1-12-5-4-6-13(11-12)21-10-9-20-15-8-3-2-7-14(15)16(19)18-17/h2-3,7-8,12-13H,4-6,9-11,17H2,1H3,(H,18,19). The number of thioether (sulfide) groups is 1. The Bertz CT molecular complexity index is 467. The average molecular weight is 308 g/mol. The Morgan fingerprint density at radius 2 is 2.24 bits per heavy atom. The monoisotopic (exact) mass is 308 g/mol. The second kappa shape index (κ2) is 8.29. The summed E-state index contributed by atoms with van der Waals surface area (Å²) in [6.07, 6.45) is 5.35. The van der Waals surface area contributed by atoms with Crippen molar-refractivity contribution in [2.45, 2.75) is 37.9 Å². The molecule has 0 aromatic heterocycles. The van der Waals surface area contributed by atoms with E-state index in [1.807, 2.05) is 17.8 Å². The molecule has 2 rings (SSSR count). The molecule has 1 amide bonds. The van der Waals surface area contributed by atoms with Crippen LogP contribution in [0.1, 0.15) is 43.0 Å². The maximum Gasteiger partial charge on any atom is 0.268 e. The summed E-state index contributed by atoms with van der Waals surface area (Å²) < 4.78 is 5.74. The summed E-state index contributed by atoms with van der Waals surface area (Å²) in [5.74, 6) is 7.26. The fraction of sp³-hybridized carbons (Fsp3) is 0.562. The van der Waals surface area contributed by atoms with Gasteiger partial charge in [-0.05, 0) is 30.9 Å². The molecule has 2 atom stereocenters. The van der Waals surface area contributed by atoms with Gasteiger partial charge >= 0.3 is 0 Å². The first-order valence-corrected chi connectivity index (χ1v) is 8.60. The topological polar surface area (TPSA) is 64.3 Å². The Kier molecular flexibility index (Phi) is 6.39. The van der Waals surface area contributed by atoms with Gasteiger partial charge in [0.25, 0.3) is 5.91 Å². The smallest absolute Gasteiger partial charge is 0.268 e. The van der Waals surface area contributed by atoms with E-state index in [2.05, 4.69) is 12.3 Å². The summed E-state index contributed by atoms with van der Waals surface area (Å²) in [4.78, 5) is 11.6. The molecule has 1 aromatic carbocycles. The quantitative estimate of drug-likeness (QED) is 0.367. The number of carbonyl (C=O) groups excluding carboxylic acids is 1. The molecule has 0 bridgehead atoms. The number of hydrogen-bond donors (Lipinski definition) is 2. The van der Waals surface area contributed by atoms with Crippen LogP contribution in [0.5, 0.6) is 5.75 Å². The Balaban J connectivity index is 1.77. The maximum absolute atomic E-state index is 11.6. The maximum atomic E-state index is 11.6. The molecule has 0 spiro atoms. The van der Waals surface area contributed by atoms with Crippen molar-refractivity contribution in [2.75, 3.05) is 12.4 Å². The van der Waals surface area contributed by atoms with Gasteiger partial charge in [-0.3, -0.25) is 10.2 Å². The number of rotatable bonds is 6. The third kappa shape index (κ3) is 4.93. The van der Waals surface area contributed by atoms with Crippen LogP contribution in [0.25, 0.3) is 0 Å². The molecule has 3 N–H and O–H groups in total. The molecular weight excluding hydrogens is 284 g/mol. The first kappa shape index (κ1) is 16.2. The van der Waals surface area contributed by atoms with E-state index >= 15 is 0 Å². The van der Waals surface area contributed by atoms with Crippen LogP contribution in [0.4, 0.5) is 0 Å². The minimum Gasteiger partial charge on any atom is -0.492 e. The molecule has 21 heavy (non-hydrogen) atoms. The molecule has 1 aliphatic rings. The number of hydrazine groups is 1. The van der Waals surface area contributed by atoms with Crippen molar-refractivity contribution in [2.24, 2.45) is 11.8 Å². The highest BCUT2D eigenvalue weighted by Gasteiger charge is 2.19. The van der Waals surface area contributed by atoms with Crippen molar-refractivity contribution in [3.8, 4) is 5.75 Å². The van der Waals surface area contributed by atoms with Gasteiger partial charge in [-0.2, -0.15) is 11.8 Å². The van der Waals surface area contributed by atoms with Crippen LogP contribution in [0, 0.1) is 5.92 Å². The minimum atomic E-state index is -0.320. The fourth-order valence-corrected chi connectivity index (χ4v) is 4.06. The van der Waals surface area contributed by atoms with Gasteiger partial charge in [0.15, 0.2) is 0 Å². The number of benzene rings is 1. The van der Waals surface area contributed by atoms with Crippen molar-refractivity contribution in [1.29, 1.82) is 0 Å². The highest BCUT2D eigenvalue weighted by Crippen LogP contribution is 2.31. The molecular formula is C16H24N2O2S. The number of nitrogen functional groups attached to an aromatic ring is 1. The van der Waals surface area contributed by atoms with E-state index in [0.29, 0.717) is 17.9 Å². The third-order valence-electron chi connectivity index (χ3n) is 3.85. The van der Waals surface area contributed by atoms with Gasteiger partial charge in [0.05, 0.1) is 12.2 Å². The van der Waals surface area contributed by atoms with Gasteiger partial charge in [-0.15, -0.1) is 0 Å². The number of para-hydroxylation sites is 1. The molecule has 0 saturated heterocycles. The van der Waals surface area contributed by atoms with Gasteiger partial charge in [-0.1, -0.05) is 31.9 Å². The summed E-state index contributed by atoms with van der Waals surface area (Å²) in [7, 11) is 0. The van der Waals surface area contributed by atoms with Crippen molar-refractivity contribution in [3.05, 3.63) is 29.8 Å². The van der Waals surface area contributed by atoms with Gasteiger partial charge in [-0.25, -0.2) is 5.84 Å². The third-order valence-corrected chi connectivity index (χ3v) is 5.15. The van der Waals surface area contributed by atoms with E-state index < -0.39 is 0 Å². The highest BCUT2D eigenvalue weighted by molar-refractivity contribution is 7.99. The Morgan fingerprint density at radius 3 is 3.00 bits per heavy atom. The van der Waals surface area contributed by atoms with Crippen LogP contribution < -0.4 is 16.0 Å². The zero-order valence-corrected chi connectivity index (χ0v) is 13.3. The average Bonchev–Trinajstić information content (AvgIpc) is 2.51. The molecule has 1 aromatic rings. The zero-order valence-electron chi connectivity index (χ0n) is 12.5. The number of carbonyl (C=O) groups is 1. The van der Waals surface area contributed by atoms with Crippen molar-refractivity contribution >= 4 is 17.7 Å². The molecule has 0 heterocycles. The molecule has 0 radical (unpaired) electrons. The van der Waals surface area contributed by atoms with E-state index in [1.165, 1.54) is 25.7 Å². The summed E-state index contributed by atoms with van der Waals surface area (Å²) in [5.41, 5.74) is 2.63. The lowest BCUT2D eigenvalue weighted by Crippen LogP contribution is -2.30. The van der Waals surface area contributed by atoms with Crippen LogP contribution in [0.3, 0.4) is 0 Å². The largest absolute Gasteiger partial charge is 0.492 e. The summed E-state index contributed by atoms with van der Waals surface area (Å²) >= 11 is 1.99. The Hall–Kier alpha value is -1.20. The van der Waals surface area contributed by atoms with Gasteiger partial charge in [0, 0.05) is 11.0 Å². The van der Waals surface area contributed by atoms with Crippen LogP contribution in [0.15, 0.2) is 24.3 Å². The van der Waals surface area contributed by atoms with Crippen LogP contribution >= 0.6 is 11.8 Å². The summed E-state index contributed by atoms with van der Waals surface area (Å²) in [5, 5.41) is 0.764. The van der Waals surface area contributed by atoms with E-state index in [1.54, 1.807) is 18.2 Å². The van der Waals surface area contributed by atoms with Crippen molar-refractivity contribution in [3.63, 3.8) is 0 Å². The van der Waals surface area contributed by atoms with E-state index in [4.69, 9.17) is 10.6 Å². The lowest BCUT2D eigenvalue weighted by Gasteiger charge is -2.26. The van der Waals surface area contributed by atoms with Crippen LogP contribution in [0.2, 0.25) is 0 Å². The highest BCUT2D eigenvalue weighted by atomic mass is 32.2. The molecule has 1 aliphatic carbocycles. The van der Waals surface area contributed by atoms with Gasteiger partial charge in [0.2, 0.25) is 0 Å². The van der Waals surface area contributed by atoms with Crippen LogP contribution in [-0.4, -0.2) is 23.5 Å².